The average molecular weight is 384 g/mol. The maximum Gasteiger partial charge on any atom is 0.243 e. The second-order valence-corrected chi connectivity index (χ2v) is 11.3. The monoisotopic (exact) mass is 384 g/mol. The van der Waals surface area contributed by atoms with Gasteiger partial charge in [0.15, 0.2) is 9.84 Å². The van der Waals surface area contributed by atoms with Gasteiger partial charge >= 0.3 is 0 Å². The predicted molar refractivity (Wildman–Crippen MR) is 92.8 cm³/mol. The van der Waals surface area contributed by atoms with Crippen molar-refractivity contribution in [2.24, 2.45) is 0 Å². The molecule has 9 heteroatoms. The first-order valence-electron chi connectivity index (χ1n) is 8.42. The van der Waals surface area contributed by atoms with Crippen LogP contribution in [0.5, 0.6) is 0 Å². The van der Waals surface area contributed by atoms with E-state index in [4.69, 9.17) is 0 Å². The lowest BCUT2D eigenvalue weighted by atomic mass is 10.00. The number of aryl methyl sites for hydroxylation is 1. The number of rotatable bonds is 4. The molecule has 0 spiro atoms. The van der Waals surface area contributed by atoms with E-state index in [9.17, 15) is 21.6 Å². The third-order valence-electron chi connectivity index (χ3n) is 5.39. The number of carbonyl (C=O) groups excluding carboxylic acids is 1. The number of sulfonamides is 1. The highest BCUT2D eigenvalue weighted by Crippen LogP contribution is 2.39. The van der Waals surface area contributed by atoms with Gasteiger partial charge in [-0.15, -0.1) is 0 Å². The first-order valence-corrected chi connectivity index (χ1v) is 11.6. The van der Waals surface area contributed by atoms with Crippen LogP contribution in [0.25, 0.3) is 0 Å². The zero-order valence-electron chi connectivity index (χ0n) is 13.9. The van der Waals surface area contributed by atoms with Crippen LogP contribution in [-0.4, -0.2) is 57.7 Å². The third-order valence-corrected chi connectivity index (χ3v) is 9.32. The summed E-state index contributed by atoms with van der Waals surface area (Å²) in [6, 6.07) is 3.30. The molecule has 1 aromatic carbocycles. The van der Waals surface area contributed by atoms with Gasteiger partial charge in [0, 0.05) is 31.8 Å². The van der Waals surface area contributed by atoms with Gasteiger partial charge < -0.3 is 4.90 Å². The fourth-order valence-electron chi connectivity index (χ4n) is 3.78. The van der Waals surface area contributed by atoms with Gasteiger partial charge in [0.1, 0.15) is 0 Å². The first-order chi connectivity index (χ1) is 11.7. The van der Waals surface area contributed by atoms with Gasteiger partial charge in [-0.1, -0.05) is 6.92 Å². The Kier molecular flexibility index (Phi) is 3.75. The van der Waals surface area contributed by atoms with Crippen LogP contribution >= 0.6 is 0 Å². The number of hydrogen-bond acceptors (Lipinski definition) is 5. The Balaban J connectivity index is 1.64. The maximum absolute atomic E-state index is 12.9. The normalized spacial score (nSPS) is 21.3. The lowest BCUT2D eigenvalue weighted by molar-refractivity contribution is -0.118. The second kappa shape index (κ2) is 5.52. The van der Waals surface area contributed by atoms with E-state index in [2.05, 4.69) is 0 Å². The van der Waals surface area contributed by atoms with E-state index < -0.39 is 25.1 Å². The molecule has 0 bridgehead atoms. The van der Waals surface area contributed by atoms with Crippen molar-refractivity contribution in [1.82, 2.24) is 4.31 Å². The van der Waals surface area contributed by atoms with Gasteiger partial charge in [-0.05, 0) is 36.1 Å². The molecule has 0 atom stereocenters. The fourth-order valence-corrected chi connectivity index (χ4v) is 6.89. The average Bonchev–Trinajstić information content (AvgIpc) is 2.94. The SMILES string of the molecule is CCS(=O)(=O)C1CN(S(=O)(=O)c2cc3c4c(c2)CCN4C(=O)CC3)C1. The number of benzene rings is 1. The molecule has 1 fully saturated rings. The van der Waals surface area contributed by atoms with E-state index in [0.717, 1.165) is 16.8 Å². The number of hydrogen-bond donors (Lipinski definition) is 0. The second-order valence-electron chi connectivity index (χ2n) is 6.78. The molecule has 7 nitrogen and oxygen atoms in total. The van der Waals surface area contributed by atoms with Crippen molar-refractivity contribution in [1.29, 1.82) is 0 Å². The highest BCUT2D eigenvalue weighted by molar-refractivity contribution is 7.92. The number of sulfone groups is 1. The van der Waals surface area contributed by atoms with Crippen LogP contribution in [0.1, 0.15) is 24.5 Å². The van der Waals surface area contributed by atoms with Crippen molar-refractivity contribution in [3.63, 3.8) is 0 Å². The Morgan fingerprint density at radius 2 is 1.68 bits per heavy atom. The molecule has 3 aliphatic rings. The van der Waals surface area contributed by atoms with Crippen LogP contribution in [-0.2, 0) is 37.5 Å². The smallest absolute Gasteiger partial charge is 0.243 e. The topological polar surface area (TPSA) is 91.8 Å². The summed E-state index contributed by atoms with van der Waals surface area (Å²) in [4.78, 5) is 13.9. The molecule has 0 aliphatic carbocycles. The third kappa shape index (κ3) is 2.51. The molecule has 4 rings (SSSR count). The molecule has 136 valence electrons. The summed E-state index contributed by atoms with van der Waals surface area (Å²) in [5.41, 5.74) is 2.67. The Morgan fingerprint density at radius 1 is 1.04 bits per heavy atom. The Morgan fingerprint density at radius 3 is 2.32 bits per heavy atom. The molecule has 0 aromatic heterocycles. The number of nitrogens with zero attached hydrogens (tertiary/aromatic N) is 2. The van der Waals surface area contributed by atoms with Crippen molar-refractivity contribution < 1.29 is 21.6 Å². The van der Waals surface area contributed by atoms with Gasteiger partial charge in [0.2, 0.25) is 15.9 Å². The Hall–Kier alpha value is -1.45. The fraction of sp³-hybridized carbons (Fsp3) is 0.562. The van der Waals surface area contributed by atoms with E-state index in [1.165, 1.54) is 4.31 Å². The van der Waals surface area contributed by atoms with Crippen LogP contribution < -0.4 is 4.90 Å². The molecular weight excluding hydrogens is 364 g/mol. The molecule has 1 saturated heterocycles. The zero-order valence-corrected chi connectivity index (χ0v) is 15.6. The summed E-state index contributed by atoms with van der Waals surface area (Å²) in [7, 11) is -6.91. The number of amides is 1. The van der Waals surface area contributed by atoms with Crippen molar-refractivity contribution in [3.8, 4) is 0 Å². The van der Waals surface area contributed by atoms with Gasteiger partial charge in [0.05, 0.1) is 15.8 Å². The molecule has 1 amide bonds. The number of anilines is 1. The molecule has 3 heterocycles. The molecule has 0 N–H and O–H groups in total. The predicted octanol–water partition coefficient (Wildman–Crippen LogP) is 0.330. The molecule has 0 saturated carbocycles. The summed E-state index contributed by atoms with van der Waals surface area (Å²) in [5, 5.41) is -0.604. The van der Waals surface area contributed by atoms with Gasteiger partial charge in [-0.3, -0.25) is 4.79 Å². The summed E-state index contributed by atoms with van der Waals surface area (Å²) in [6.45, 7) is 2.22. The van der Waals surface area contributed by atoms with Gasteiger partial charge in [-0.25, -0.2) is 16.8 Å². The van der Waals surface area contributed by atoms with Crippen LogP contribution in [0.15, 0.2) is 17.0 Å². The molecule has 1 aromatic rings. The summed E-state index contributed by atoms with van der Waals surface area (Å²) in [5.74, 6) is 0.121. The Labute approximate surface area is 147 Å². The lowest BCUT2D eigenvalue weighted by Gasteiger charge is -2.37. The summed E-state index contributed by atoms with van der Waals surface area (Å²) >= 11 is 0. The van der Waals surface area contributed by atoms with Crippen molar-refractivity contribution in [2.45, 2.75) is 36.3 Å². The van der Waals surface area contributed by atoms with Crippen molar-refractivity contribution >= 4 is 31.5 Å². The van der Waals surface area contributed by atoms with E-state index in [-0.39, 0.29) is 29.6 Å². The highest BCUT2D eigenvalue weighted by Gasteiger charge is 2.43. The molecule has 3 aliphatic heterocycles. The first kappa shape index (κ1) is 17.0. The molecular formula is C16H20N2O5S2. The van der Waals surface area contributed by atoms with Crippen LogP contribution in [0.2, 0.25) is 0 Å². The van der Waals surface area contributed by atoms with Crippen LogP contribution in [0.3, 0.4) is 0 Å². The molecule has 0 radical (unpaired) electrons. The van der Waals surface area contributed by atoms with E-state index in [0.29, 0.717) is 25.8 Å². The minimum Gasteiger partial charge on any atom is -0.312 e. The van der Waals surface area contributed by atoms with E-state index in [1.807, 2.05) is 0 Å². The van der Waals surface area contributed by atoms with Gasteiger partial charge in [-0.2, -0.15) is 4.31 Å². The quantitative estimate of drug-likeness (QED) is 0.746. The Bertz CT molecular complexity index is 962. The lowest BCUT2D eigenvalue weighted by Crippen LogP contribution is -2.57. The van der Waals surface area contributed by atoms with E-state index in [1.54, 1.807) is 24.0 Å². The maximum atomic E-state index is 12.9. The highest BCUT2D eigenvalue weighted by atomic mass is 32.2. The number of carbonyl (C=O) groups is 1. The minimum atomic E-state index is -3.70. The summed E-state index contributed by atoms with van der Waals surface area (Å²) < 4.78 is 50.7. The van der Waals surface area contributed by atoms with Crippen molar-refractivity contribution in [3.05, 3.63) is 23.3 Å². The van der Waals surface area contributed by atoms with Crippen molar-refractivity contribution in [2.75, 3.05) is 30.3 Å². The van der Waals surface area contributed by atoms with Gasteiger partial charge in [0.25, 0.3) is 0 Å². The summed E-state index contributed by atoms with van der Waals surface area (Å²) in [6.07, 6.45) is 1.61. The van der Waals surface area contributed by atoms with Crippen LogP contribution in [0, 0.1) is 0 Å². The molecule has 0 unspecified atom stereocenters. The van der Waals surface area contributed by atoms with Crippen LogP contribution in [0.4, 0.5) is 5.69 Å². The minimum absolute atomic E-state index is 0.0233. The zero-order chi connectivity index (χ0) is 18.0. The largest absolute Gasteiger partial charge is 0.312 e. The van der Waals surface area contributed by atoms with E-state index >= 15 is 0 Å². The standard InChI is InChI=1S/C16H20N2O5S2/c1-2-24(20,21)14-9-17(10-14)25(22,23)13-7-11-3-4-15(19)18-6-5-12(8-13)16(11)18/h7-8,14H,2-6,9-10H2,1H3. The molecule has 25 heavy (non-hydrogen) atoms.